The molecule has 8 heteroatoms. The Morgan fingerprint density at radius 1 is 1.33 bits per heavy atom. The van der Waals surface area contributed by atoms with Crippen molar-refractivity contribution in [2.45, 2.75) is 37.9 Å². The molecule has 0 saturated heterocycles. The summed E-state index contributed by atoms with van der Waals surface area (Å²) in [6.45, 7) is 0. The molecule has 0 amide bonds. The minimum absolute atomic E-state index is 0.0120. The first-order valence-corrected chi connectivity index (χ1v) is 6.92. The number of halogens is 4. The molecule has 1 aliphatic rings. The fourth-order valence-electron chi connectivity index (χ4n) is 2.60. The highest BCUT2D eigenvalue weighted by Crippen LogP contribution is 2.38. The largest absolute Gasteiger partial charge is 0.391 e. The van der Waals surface area contributed by atoms with Gasteiger partial charge in [0.1, 0.15) is 5.02 Å². The van der Waals surface area contributed by atoms with Crippen molar-refractivity contribution >= 4 is 23.0 Å². The molecule has 1 aliphatic carbocycles. The predicted molar refractivity (Wildman–Crippen MR) is 73.5 cm³/mol. The van der Waals surface area contributed by atoms with Gasteiger partial charge in [0.05, 0.1) is 10.8 Å². The summed E-state index contributed by atoms with van der Waals surface area (Å²) in [5.41, 5.74) is 0.275. The van der Waals surface area contributed by atoms with Crippen molar-refractivity contribution in [2.24, 2.45) is 5.92 Å². The van der Waals surface area contributed by atoms with E-state index in [0.29, 0.717) is 18.5 Å². The fourth-order valence-corrected chi connectivity index (χ4v) is 2.85. The minimum Gasteiger partial charge on any atom is -0.382 e. The lowest BCUT2D eigenvalue weighted by Gasteiger charge is -2.31. The van der Waals surface area contributed by atoms with Crippen LogP contribution in [0.2, 0.25) is 5.02 Å². The Hall–Kier alpha value is -1.50. The van der Waals surface area contributed by atoms with Gasteiger partial charge in [-0.2, -0.15) is 13.2 Å². The molecular formula is C13H14ClF3N2O2. The van der Waals surface area contributed by atoms with Gasteiger partial charge in [0.25, 0.3) is 5.69 Å². The molecule has 1 N–H and O–H groups in total. The molecule has 0 spiro atoms. The van der Waals surface area contributed by atoms with Gasteiger partial charge in [-0.15, -0.1) is 0 Å². The quantitative estimate of drug-likeness (QED) is 0.643. The van der Waals surface area contributed by atoms with Gasteiger partial charge in [0, 0.05) is 17.8 Å². The third-order valence-electron chi connectivity index (χ3n) is 3.65. The number of anilines is 1. The van der Waals surface area contributed by atoms with E-state index in [4.69, 9.17) is 11.6 Å². The number of nitrogens with one attached hydrogen (secondary N) is 1. The Morgan fingerprint density at radius 3 is 2.62 bits per heavy atom. The van der Waals surface area contributed by atoms with Crippen molar-refractivity contribution in [3.63, 3.8) is 0 Å². The molecule has 2 rings (SSSR count). The molecule has 1 aromatic carbocycles. The molecule has 0 heterocycles. The van der Waals surface area contributed by atoms with Crippen LogP contribution in [0.4, 0.5) is 24.5 Å². The van der Waals surface area contributed by atoms with Gasteiger partial charge in [-0.05, 0) is 31.4 Å². The molecule has 0 radical (unpaired) electrons. The molecule has 1 saturated carbocycles. The SMILES string of the molecule is O=[N+]([O-])c1ccc(NC2CCCC(C(F)(F)F)C2)cc1Cl. The van der Waals surface area contributed by atoms with E-state index in [1.54, 1.807) is 0 Å². The average Bonchev–Trinajstić information content (AvgIpc) is 2.37. The summed E-state index contributed by atoms with van der Waals surface area (Å²) in [6.07, 6.45) is -2.86. The van der Waals surface area contributed by atoms with Crippen LogP contribution in [0.25, 0.3) is 0 Å². The maximum Gasteiger partial charge on any atom is 0.391 e. The Balaban J connectivity index is 2.05. The maximum atomic E-state index is 12.7. The van der Waals surface area contributed by atoms with Crippen molar-refractivity contribution in [3.05, 3.63) is 33.3 Å². The number of nitro benzene ring substituents is 1. The third-order valence-corrected chi connectivity index (χ3v) is 3.96. The van der Waals surface area contributed by atoms with Crippen LogP contribution >= 0.6 is 11.6 Å². The monoisotopic (exact) mass is 322 g/mol. The summed E-state index contributed by atoms with van der Waals surface area (Å²) < 4.78 is 38.2. The summed E-state index contributed by atoms with van der Waals surface area (Å²) in [5.74, 6) is -1.29. The molecule has 2 unspecified atom stereocenters. The van der Waals surface area contributed by atoms with Crippen LogP contribution in [0.15, 0.2) is 18.2 Å². The summed E-state index contributed by atoms with van der Waals surface area (Å²) in [6, 6.07) is 3.77. The second-order valence-corrected chi connectivity index (χ2v) is 5.58. The van der Waals surface area contributed by atoms with Gasteiger partial charge in [-0.3, -0.25) is 10.1 Å². The van der Waals surface area contributed by atoms with Gasteiger partial charge < -0.3 is 5.32 Å². The smallest absolute Gasteiger partial charge is 0.382 e. The molecule has 0 aromatic heterocycles. The lowest BCUT2D eigenvalue weighted by Crippen LogP contribution is -2.34. The molecule has 0 bridgehead atoms. The van der Waals surface area contributed by atoms with E-state index in [1.807, 2.05) is 0 Å². The van der Waals surface area contributed by atoms with Crippen molar-refractivity contribution in [3.8, 4) is 0 Å². The number of hydrogen-bond acceptors (Lipinski definition) is 3. The van der Waals surface area contributed by atoms with E-state index >= 15 is 0 Å². The number of rotatable bonds is 3. The highest BCUT2D eigenvalue weighted by atomic mass is 35.5. The summed E-state index contributed by atoms with van der Waals surface area (Å²) in [4.78, 5) is 10.0. The Morgan fingerprint density at radius 2 is 2.05 bits per heavy atom. The van der Waals surface area contributed by atoms with Crippen LogP contribution in [0.5, 0.6) is 0 Å². The van der Waals surface area contributed by atoms with Gasteiger partial charge in [0.2, 0.25) is 0 Å². The zero-order valence-corrected chi connectivity index (χ0v) is 11.7. The van der Waals surface area contributed by atoms with Crippen LogP contribution in [-0.2, 0) is 0 Å². The normalized spacial score (nSPS) is 22.9. The topological polar surface area (TPSA) is 55.2 Å². The van der Waals surface area contributed by atoms with Crippen LogP contribution in [0.1, 0.15) is 25.7 Å². The second kappa shape index (κ2) is 6.09. The van der Waals surface area contributed by atoms with Crippen LogP contribution in [0.3, 0.4) is 0 Å². The standard InChI is InChI=1S/C13H14ClF3N2O2/c14-11-7-10(4-5-12(11)19(20)21)18-9-3-1-2-8(6-9)13(15,16)17/h4-5,7-9,18H,1-3,6H2. The van der Waals surface area contributed by atoms with E-state index in [-0.39, 0.29) is 29.6 Å². The zero-order chi connectivity index (χ0) is 15.6. The summed E-state index contributed by atoms with van der Waals surface area (Å²) >= 11 is 5.78. The number of benzene rings is 1. The second-order valence-electron chi connectivity index (χ2n) is 5.17. The number of hydrogen-bond donors (Lipinski definition) is 1. The lowest BCUT2D eigenvalue weighted by molar-refractivity contribution is -0.384. The van der Waals surface area contributed by atoms with Gasteiger partial charge in [0.15, 0.2) is 0 Å². The van der Waals surface area contributed by atoms with E-state index in [0.717, 1.165) is 0 Å². The highest BCUT2D eigenvalue weighted by molar-refractivity contribution is 6.32. The summed E-state index contributed by atoms with van der Waals surface area (Å²) in [7, 11) is 0. The van der Waals surface area contributed by atoms with Gasteiger partial charge in [-0.1, -0.05) is 18.0 Å². The number of alkyl halides is 3. The lowest BCUT2D eigenvalue weighted by atomic mass is 9.85. The predicted octanol–water partition coefficient (Wildman–Crippen LogP) is 4.78. The average molecular weight is 323 g/mol. The maximum absolute atomic E-state index is 12.7. The zero-order valence-electron chi connectivity index (χ0n) is 11.0. The molecular weight excluding hydrogens is 309 g/mol. The molecule has 4 nitrogen and oxygen atoms in total. The Labute approximate surface area is 124 Å². The van der Waals surface area contributed by atoms with E-state index in [2.05, 4.69) is 5.32 Å². The van der Waals surface area contributed by atoms with Crippen LogP contribution < -0.4 is 5.32 Å². The van der Waals surface area contributed by atoms with Crippen LogP contribution in [0, 0.1) is 16.0 Å². The van der Waals surface area contributed by atoms with E-state index < -0.39 is 17.0 Å². The molecule has 116 valence electrons. The first-order valence-electron chi connectivity index (χ1n) is 6.54. The Bertz CT molecular complexity index is 537. The first kappa shape index (κ1) is 15.9. The van der Waals surface area contributed by atoms with Crippen LogP contribution in [-0.4, -0.2) is 17.1 Å². The van der Waals surface area contributed by atoms with E-state index in [9.17, 15) is 23.3 Å². The molecule has 21 heavy (non-hydrogen) atoms. The van der Waals surface area contributed by atoms with Crippen molar-refractivity contribution in [2.75, 3.05) is 5.32 Å². The first-order chi connectivity index (χ1) is 9.77. The van der Waals surface area contributed by atoms with Crippen molar-refractivity contribution in [1.29, 1.82) is 0 Å². The number of nitrogens with zero attached hydrogens (tertiary/aromatic N) is 1. The third kappa shape index (κ3) is 4.00. The highest BCUT2D eigenvalue weighted by Gasteiger charge is 2.42. The molecule has 1 fully saturated rings. The van der Waals surface area contributed by atoms with E-state index in [1.165, 1.54) is 18.2 Å². The summed E-state index contributed by atoms with van der Waals surface area (Å²) in [5, 5.41) is 13.6. The van der Waals surface area contributed by atoms with Gasteiger partial charge >= 0.3 is 6.18 Å². The fraction of sp³-hybridized carbons (Fsp3) is 0.538. The van der Waals surface area contributed by atoms with Gasteiger partial charge in [-0.25, -0.2) is 0 Å². The van der Waals surface area contributed by atoms with Crippen molar-refractivity contribution < 1.29 is 18.1 Å². The molecule has 0 aliphatic heterocycles. The molecule has 2 atom stereocenters. The van der Waals surface area contributed by atoms with Crippen molar-refractivity contribution in [1.82, 2.24) is 0 Å². The molecule has 1 aromatic rings. The minimum atomic E-state index is -4.17. The Kier molecular flexibility index (Phi) is 4.61. The number of nitro groups is 1.